The lowest BCUT2D eigenvalue weighted by Gasteiger charge is -2.23. The lowest BCUT2D eigenvalue weighted by atomic mass is 10.1. The molecule has 0 aliphatic rings. The van der Waals surface area contributed by atoms with Crippen molar-refractivity contribution in [1.29, 1.82) is 0 Å². The van der Waals surface area contributed by atoms with Gasteiger partial charge >= 0.3 is 6.18 Å². The van der Waals surface area contributed by atoms with Gasteiger partial charge in [0, 0.05) is 19.2 Å². The van der Waals surface area contributed by atoms with Crippen LogP contribution >= 0.6 is 0 Å². The van der Waals surface area contributed by atoms with Crippen molar-refractivity contribution < 1.29 is 31.8 Å². The molecule has 12 heteroatoms. The number of nitrogens with zero attached hydrogens (tertiary/aromatic N) is 3. The Bertz CT molecular complexity index is 901. The lowest BCUT2D eigenvalue weighted by molar-refractivity contribution is -0.394. The van der Waals surface area contributed by atoms with Gasteiger partial charge < -0.3 is 4.90 Å². The summed E-state index contributed by atoms with van der Waals surface area (Å²) in [5, 5.41) is 22.0. The Morgan fingerprint density at radius 3 is 2.08 bits per heavy atom. The van der Waals surface area contributed by atoms with E-state index in [-0.39, 0.29) is 6.07 Å². The minimum Gasteiger partial charge on any atom is -0.336 e. The molecule has 2 aromatic rings. The molecule has 0 saturated heterocycles. The molecule has 7 nitrogen and oxygen atoms in total. The van der Waals surface area contributed by atoms with Gasteiger partial charge in [-0.15, -0.1) is 0 Å². The summed E-state index contributed by atoms with van der Waals surface area (Å²) in [4.78, 5) is 20.0. The van der Waals surface area contributed by atoms with Crippen LogP contribution in [0, 0.1) is 31.9 Å². The van der Waals surface area contributed by atoms with E-state index in [4.69, 9.17) is 0 Å². The predicted molar refractivity (Wildman–Crippen MR) is 79.2 cm³/mol. The van der Waals surface area contributed by atoms with Crippen molar-refractivity contribution in [3.8, 4) is 0 Å². The topological polar surface area (TPSA) is 89.5 Å². The van der Waals surface area contributed by atoms with Crippen LogP contribution in [0.4, 0.5) is 44.7 Å². The minimum atomic E-state index is -5.21. The first-order valence-electron chi connectivity index (χ1n) is 6.66. The second-order valence-corrected chi connectivity index (χ2v) is 5.03. The number of alkyl halides is 3. The van der Waals surface area contributed by atoms with Gasteiger partial charge in [-0.3, -0.25) is 20.2 Å². The van der Waals surface area contributed by atoms with Gasteiger partial charge in [-0.05, 0) is 12.1 Å². The van der Waals surface area contributed by atoms with Crippen LogP contribution in [0.25, 0.3) is 0 Å². The van der Waals surface area contributed by atoms with Crippen molar-refractivity contribution in [3.05, 3.63) is 67.8 Å². The summed E-state index contributed by atoms with van der Waals surface area (Å²) in [5.41, 5.74) is -5.81. The molecule has 26 heavy (non-hydrogen) atoms. The molecule has 0 atom stereocenters. The quantitative estimate of drug-likeness (QED) is 0.442. The van der Waals surface area contributed by atoms with Crippen molar-refractivity contribution in [2.24, 2.45) is 0 Å². The SMILES string of the molecule is CN(c1ccc(F)cc1F)c1c([N+](=O)[O-])cc([N+](=O)[O-])cc1C(F)(F)F. The Morgan fingerprint density at radius 1 is 1.00 bits per heavy atom. The lowest BCUT2D eigenvalue weighted by Crippen LogP contribution is -2.19. The molecule has 0 radical (unpaired) electrons. The number of nitro benzene ring substituents is 2. The molecule has 0 aromatic heterocycles. The molecule has 0 amide bonds. The number of non-ortho nitro benzene ring substituents is 1. The average Bonchev–Trinajstić information content (AvgIpc) is 2.52. The zero-order chi connectivity index (χ0) is 19.8. The van der Waals surface area contributed by atoms with Gasteiger partial charge in [0.25, 0.3) is 11.4 Å². The van der Waals surface area contributed by atoms with Crippen LogP contribution < -0.4 is 4.90 Å². The highest BCUT2D eigenvalue weighted by atomic mass is 19.4. The van der Waals surface area contributed by atoms with Crippen LogP contribution in [-0.4, -0.2) is 16.9 Å². The summed E-state index contributed by atoms with van der Waals surface area (Å²) >= 11 is 0. The molecule has 0 bridgehead atoms. The molecule has 0 fully saturated rings. The minimum absolute atomic E-state index is 0.111. The van der Waals surface area contributed by atoms with Gasteiger partial charge in [0.15, 0.2) is 0 Å². The molecule has 138 valence electrons. The van der Waals surface area contributed by atoms with E-state index in [1.807, 2.05) is 0 Å². The van der Waals surface area contributed by atoms with Crippen molar-refractivity contribution in [1.82, 2.24) is 0 Å². The van der Waals surface area contributed by atoms with Crippen molar-refractivity contribution in [2.45, 2.75) is 6.18 Å². The standard InChI is InChI=1S/C14H8F5N3O4/c1-20(11-3-2-7(15)4-10(11)16)13-9(14(17,18)19)5-8(21(23)24)6-12(13)22(25)26/h2-6H,1H3. The second-order valence-electron chi connectivity index (χ2n) is 5.03. The maximum Gasteiger partial charge on any atom is 0.418 e. The van der Waals surface area contributed by atoms with E-state index in [1.165, 1.54) is 0 Å². The van der Waals surface area contributed by atoms with Crippen molar-refractivity contribution >= 4 is 22.7 Å². The summed E-state index contributed by atoms with van der Waals surface area (Å²) in [7, 11) is 0.889. The Morgan fingerprint density at radius 2 is 1.62 bits per heavy atom. The first-order chi connectivity index (χ1) is 11.9. The molecular weight excluding hydrogens is 369 g/mol. The third-order valence-corrected chi connectivity index (χ3v) is 3.39. The van der Waals surface area contributed by atoms with Crippen LogP contribution in [-0.2, 0) is 6.18 Å². The van der Waals surface area contributed by atoms with E-state index < -0.39 is 56.0 Å². The molecule has 0 spiro atoms. The highest BCUT2D eigenvalue weighted by Crippen LogP contribution is 2.46. The normalized spacial score (nSPS) is 11.3. The van der Waals surface area contributed by atoms with E-state index in [1.54, 1.807) is 0 Å². The van der Waals surface area contributed by atoms with Crippen LogP contribution in [0.2, 0.25) is 0 Å². The van der Waals surface area contributed by atoms with Crippen molar-refractivity contribution in [3.63, 3.8) is 0 Å². The zero-order valence-electron chi connectivity index (χ0n) is 12.8. The van der Waals surface area contributed by atoms with Crippen LogP contribution in [0.5, 0.6) is 0 Å². The first kappa shape index (κ1) is 19.0. The van der Waals surface area contributed by atoms with E-state index >= 15 is 0 Å². The fraction of sp³-hybridized carbons (Fsp3) is 0.143. The van der Waals surface area contributed by atoms with Gasteiger partial charge in [-0.25, -0.2) is 8.78 Å². The Hall–Kier alpha value is -3.31. The summed E-state index contributed by atoms with van der Waals surface area (Å²) in [6, 6.07) is 2.37. The number of halogens is 5. The van der Waals surface area contributed by atoms with Gasteiger partial charge in [-0.2, -0.15) is 13.2 Å². The molecule has 2 rings (SSSR count). The molecule has 0 saturated carbocycles. The maximum atomic E-state index is 13.9. The molecule has 0 heterocycles. The smallest absolute Gasteiger partial charge is 0.336 e. The summed E-state index contributed by atoms with van der Waals surface area (Å²) in [5.74, 6) is -2.28. The molecule has 0 aliphatic carbocycles. The molecule has 0 aliphatic heterocycles. The zero-order valence-corrected chi connectivity index (χ0v) is 12.8. The number of hydrogen-bond donors (Lipinski definition) is 0. The predicted octanol–water partition coefficient (Wildman–Crippen LogP) is 4.57. The Balaban J connectivity index is 2.84. The Kier molecular flexibility index (Phi) is 4.78. The second kappa shape index (κ2) is 6.54. The number of anilines is 2. The van der Waals surface area contributed by atoms with Gasteiger partial charge in [0.2, 0.25) is 0 Å². The Labute approximate surface area is 141 Å². The van der Waals surface area contributed by atoms with E-state index in [0.717, 1.165) is 19.2 Å². The highest BCUT2D eigenvalue weighted by molar-refractivity contribution is 5.78. The fourth-order valence-electron chi connectivity index (χ4n) is 2.29. The number of hydrogen-bond acceptors (Lipinski definition) is 5. The monoisotopic (exact) mass is 377 g/mol. The molecule has 0 unspecified atom stereocenters. The summed E-state index contributed by atoms with van der Waals surface area (Å²) in [6.45, 7) is 0. The highest BCUT2D eigenvalue weighted by Gasteiger charge is 2.41. The average molecular weight is 377 g/mol. The van der Waals surface area contributed by atoms with Crippen molar-refractivity contribution in [2.75, 3.05) is 11.9 Å². The van der Waals surface area contributed by atoms with Crippen LogP contribution in [0.1, 0.15) is 5.56 Å². The van der Waals surface area contributed by atoms with E-state index in [9.17, 15) is 42.2 Å². The third kappa shape index (κ3) is 3.53. The van der Waals surface area contributed by atoms with Gasteiger partial charge in [0.05, 0.1) is 27.2 Å². The number of nitro groups is 2. The van der Waals surface area contributed by atoms with Gasteiger partial charge in [0.1, 0.15) is 17.3 Å². The van der Waals surface area contributed by atoms with E-state index in [2.05, 4.69) is 0 Å². The fourth-order valence-corrected chi connectivity index (χ4v) is 2.29. The molecule has 2 aromatic carbocycles. The molecular formula is C14H8F5N3O4. The summed E-state index contributed by atoms with van der Waals surface area (Å²) in [6.07, 6.45) is -5.21. The largest absolute Gasteiger partial charge is 0.418 e. The maximum absolute atomic E-state index is 13.9. The number of benzene rings is 2. The summed E-state index contributed by atoms with van der Waals surface area (Å²) < 4.78 is 67.0. The van der Waals surface area contributed by atoms with Crippen LogP contribution in [0.15, 0.2) is 30.3 Å². The van der Waals surface area contributed by atoms with Crippen LogP contribution in [0.3, 0.4) is 0 Å². The first-order valence-corrected chi connectivity index (χ1v) is 6.66. The van der Waals surface area contributed by atoms with Gasteiger partial charge in [-0.1, -0.05) is 0 Å². The third-order valence-electron chi connectivity index (χ3n) is 3.39. The molecule has 0 N–H and O–H groups in total. The van der Waals surface area contributed by atoms with E-state index in [0.29, 0.717) is 17.0 Å². The number of rotatable bonds is 4.